The van der Waals surface area contributed by atoms with Gasteiger partial charge in [-0.05, 0) is 62.9 Å². The average Bonchev–Trinajstić information content (AvgIpc) is 3.47. The predicted molar refractivity (Wildman–Crippen MR) is 165 cm³/mol. The van der Waals surface area contributed by atoms with Crippen LogP contribution in [-0.2, 0) is 11.3 Å². The maximum Gasteiger partial charge on any atom is 0.262 e. The molecular formula is C34H41N5O3. The van der Waals surface area contributed by atoms with Crippen LogP contribution in [0.2, 0.25) is 0 Å². The molecule has 4 heterocycles. The molecule has 4 aromatic rings. The van der Waals surface area contributed by atoms with Crippen LogP contribution in [0, 0.1) is 5.92 Å². The number of carbonyl (C=O) groups is 1. The van der Waals surface area contributed by atoms with Crippen molar-refractivity contribution in [2.45, 2.75) is 63.6 Å². The summed E-state index contributed by atoms with van der Waals surface area (Å²) < 4.78 is 3.42. The Bertz CT molecular complexity index is 1570. The van der Waals surface area contributed by atoms with Crippen LogP contribution in [-0.4, -0.2) is 72.8 Å². The van der Waals surface area contributed by atoms with E-state index in [1.165, 1.54) is 16.5 Å². The number of rotatable bonds is 7. The minimum atomic E-state index is -1.07. The van der Waals surface area contributed by atoms with Crippen molar-refractivity contribution < 1.29 is 9.90 Å². The van der Waals surface area contributed by atoms with Crippen LogP contribution < -0.4 is 5.56 Å². The van der Waals surface area contributed by atoms with Gasteiger partial charge >= 0.3 is 0 Å². The van der Waals surface area contributed by atoms with Crippen LogP contribution in [0.3, 0.4) is 0 Å². The molecule has 0 saturated carbocycles. The molecule has 3 atom stereocenters. The molecule has 42 heavy (non-hydrogen) atoms. The van der Waals surface area contributed by atoms with Crippen molar-refractivity contribution in [3.05, 3.63) is 95.2 Å². The second-order valence-corrected chi connectivity index (χ2v) is 12.2. The molecular weight excluding hydrogens is 526 g/mol. The number of para-hydroxylation sites is 1. The zero-order valence-electron chi connectivity index (χ0n) is 24.6. The number of fused-ring (bicyclic) bond motifs is 1. The largest absolute Gasteiger partial charge is 0.388 e. The van der Waals surface area contributed by atoms with E-state index in [-0.39, 0.29) is 29.8 Å². The number of amides is 1. The van der Waals surface area contributed by atoms with Crippen molar-refractivity contribution in [3.63, 3.8) is 0 Å². The lowest BCUT2D eigenvalue weighted by Crippen LogP contribution is -2.53. The Hall–Kier alpha value is -3.75. The molecule has 2 aromatic carbocycles. The number of aliphatic hydroxyl groups is 1. The van der Waals surface area contributed by atoms with Crippen LogP contribution >= 0.6 is 0 Å². The van der Waals surface area contributed by atoms with Crippen LogP contribution in [0.5, 0.6) is 0 Å². The van der Waals surface area contributed by atoms with Crippen molar-refractivity contribution in [2.75, 3.05) is 26.2 Å². The molecule has 2 aromatic heterocycles. The van der Waals surface area contributed by atoms with Crippen LogP contribution in [0.15, 0.2) is 84.0 Å². The second-order valence-electron chi connectivity index (χ2n) is 12.2. The number of carbonyl (C=O) groups excluding carboxylic acids is 1. The van der Waals surface area contributed by atoms with Gasteiger partial charge in [-0.3, -0.25) is 14.2 Å². The van der Waals surface area contributed by atoms with Crippen molar-refractivity contribution in [2.24, 2.45) is 5.92 Å². The fraction of sp³-hybridized carbons (Fsp3) is 0.441. The maximum atomic E-state index is 13.9. The molecule has 6 rings (SSSR count). The van der Waals surface area contributed by atoms with Crippen LogP contribution in [0.25, 0.3) is 16.7 Å². The zero-order valence-corrected chi connectivity index (χ0v) is 24.6. The minimum Gasteiger partial charge on any atom is -0.388 e. The quantitative estimate of drug-likeness (QED) is 0.357. The van der Waals surface area contributed by atoms with E-state index < -0.39 is 5.60 Å². The second kappa shape index (κ2) is 11.9. The monoisotopic (exact) mass is 567 g/mol. The molecule has 2 fully saturated rings. The standard InChI is InChI=1S/C34H41N5O3/c1-3-25(2)37-18-14-28(30(22-37)26-10-6-4-7-11-26)32(40)36-20-16-34(42,17-21-36)23-38-24-35-31-29(33(38)41)15-19-39(31)27-12-8-5-9-13-27/h4-13,15,19,24-25,28,30,42H,3,14,16-18,20-23H2,1-2H3/t25?,28-,30+/m1/s1. The van der Waals surface area contributed by atoms with Gasteiger partial charge < -0.3 is 19.5 Å². The van der Waals surface area contributed by atoms with Crippen molar-refractivity contribution in [1.29, 1.82) is 0 Å². The Labute approximate surface area is 247 Å². The van der Waals surface area contributed by atoms with E-state index in [1.54, 1.807) is 6.07 Å². The first-order chi connectivity index (χ1) is 20.4. The van der Waals surface area contributed by atoms with Gasteiger partial charge in [0.1, 0.15) is 6.33 Å². The summed E-state index contributed by atoms with van der Waals surface area (Å²) in [6, 6.07) is 22.5. The summed E-state index contributed by atoms with van der Waals surface area (Å²) in [5.74, 6) is 0.279. The Balaban J connectivity index is 1.14. The lowest BCUT2D eigenvalue weighted by atomic mass is 9.78. The van der Waals surface area contributed by atoms with E-state index in [4.69, 9.17) is 0 Å². The highest BCUT2D eigenvalue weighted by molar-refractivity contribution is 5.80. The van der Waals surface area contributed by atoms with Gasteiger partial charge in [0.2, 0.25) is 5.91 Å². The molecule has 0 aliphatic carbocycles. The van der Waals surface area contributed by atoms with Crippen LogP contribution in [0.4, 0.5) is 0 Å². The lowest BCUT2D eigenvalue weighted by Gasteiger charge is -2.44. The summed E-state index contributed by atoms with van der Waals surface area (Å²) in [6.07, 6.45) is 6.18. The highest BCUT2D eigenvalue weighted by Crippen LogP contribution is 2.36. The molecule has 2 aliphatic heterocycles. The molecule has 0 bridgehead atoms. The SMILES string of the molecule is CCC(C)N1CC[C@@H](C(=O)N2CCC(O)(Cn3cnc4c(ccn4-c4ccccc4)c3=O)CC2)[C@H](c2ccccc2)C1. The van der Waals surface area contributed by atoms with Crippen molar-refractivity contribution in [1.82, 2.24) is 23.9 Å². The third-order valence-corrected chi connectivity index (χ3v) is 9.58. The molecule has 1 N–H and O–H groups in total. The van der Waals surface area contributed by atoms with Gasteiger partial charge in [0.25, 0.3) is 5.56 Å². The molecule has 1 unspecified atom stereocenters. The van der Waals surface area contributed by atoms with E-state index in [9.17, 15) is 14.7 Å². The summed E-state index contributed by atoms with van der Waals surface area (Å²) in [5, 5.41) is 12.1. The summed E-state index contributed by atoms with van der Waals surface area (Å²) in [4.78, 5) is 36.3. The summed E-state index contributed by atoms with van der Waals surface area (Å²) in [6.45, 7) is 7.43. The first kappa shape index (κ1) is 28.4. The van der Waals surface area contributed by atoms with E-state index in [0.717, 1.165) is 31.6 Å². The molecule has 1 amide bonds. The molecule has 8 heteroatoms. The van der Waals surface area contributed by atoms with Gasteiger partial charge in [-0.2, -0.15) is 0 Å². The first-order valence-corrected chi connectivity index (χ1v) is 15.3. The molecule has 8 nitrogen and oxygen atoms in total. The number of benzene rings is 2. The van der Waals surface area contributed by atoms with E-state index in [2.05, 4.69) is 48.0 Å². The fourth-order valence-corrected chi connectivity index (χ4v) is 6.79. The minimum absolute atomic E-state index is 0.0678. The van der Waals surface area contributed by atoms with Gasteiger partial charge in [0.05, 0.1) is 17.5 Å². The number of hydrogen-bond acceptors (Lipinski definition) is 5. The molecule has 2 aliphatic rings. The summed E-state index contributed by atoms with van der Waals surface area (Å²) in [5.41, 5.74) is 1.52. The van der Waals surface area contributed by atoms with E-state index in [1.807, 2.05) is 52.1 Å². The van der Waals surface area contributed by atoms with Crippen LogP contribution in [0.1, 0.15) is 51.0 Å². The van der Waals surface area contributed by atoms with Gasteiger partial charge in [-0.15, -0.1) is 0 Å². The Kier molecular flexibility index (Phi) is 8.01. The van der Waals surface area contributed by atoms with Crippen molar-refractivity contribution in [3.8, 4) is 5.69 Å². The van der Waals surface area contributed by atoms with Gasteiger partial charge in [0.15, 0.2) is 5.65 Å². The molecule has 0 radical (unpaired) electrons. The first-order valence-electron chi connectivity index (χ1n) is 15.3. The average molecular weight is 568 g/mol. The summed E-state index contributed by atoms with van der Waals surface area (Å²) in [7, 11) is 0. The highest BCUT2D eigenvalue weighted by Gasteiger charge is 2.41. The Morgan fingerprint density at radius 1 is 1.02 bits per heavy atom. The Morgan fingerprint density at radius 3 is 2.40 bits per heavy atom. The number of aromatic nitrogens is 3. The van der Waals surface area contributed by atoms with E-state index >= 15 is 0 Å². The topological polar surface area (TPSA) is 83.6 Å². The number of nitrogens with zero attached hydrogens (tertiary/aromatic N) is 5. The van der Waals surface area contributed by atoms with E-state index in [0.29, 0.717) is 43.0 Å². The zero-order chi connectivity index (χ0) is 29.3. The number of piperidine rings is 2. The van der Waals surface area contributed by atoms with Gasteiger partial charge in [-0.25, -0.2) is 4.98 Å². The van der Waals surface area contributed by atoms with Gasteiger partial charge in [0, 0.05) is 49.4 Å². The molecule has 220 valence electrons. The number of likely N-dealkylation sites (tertiary alicyclic amines) is 2. The normalized spacial score (nSPS) is 21.8. The highest BCUT2D eigenvalue weighted by atomic mass is 16.3. The third-order valence-electron chi connectivity index (χ3n) is 9.58. The predicted octanol–water partition coefficient (Wildman–Crippen LogP) is 4.44. The van der Waals surface area contributed by atoms with Gasteiger partial charge in [-0.1, -0.05) is 55.5 Å². The summed E-state index contributed by atoms with van der Waals surface area (Å²) >= 11 is 0. The smallest absolute Gasteiger partial charge is 0.262 e. The third kappa shape index (κ3) is 5.53. The van der Waals surface area contributed by atoms with Crippen molar-refractivity contribution >= 4 is 16.9 Å². The molecule has 2 saturated heterocycles. The Morgan fingerprint density at radius 2 is 1.71 bits per heavy atom. The maximum absolute atomic E-state index is 13.9. The lowest BCUT2D eigenvalue weighted by molar-refractivity contribution is -0.142. The molecule has 0 spiro atoms. The number of hydrogen-bond donors (Lipinski definition) is 1. The fourth-order valence-electron chi connectivity index (χ4n) is 6.79.